The number of benzene rings is 10. The highest BCUT2D eigenvalue weighted by Gasteiger charge is 2.39. The standard InChI is InChI=1S/C72H48N4/c1-9-25-65-53(17-1)54-18-2-10-26-66(54)73(65)45-33-37-49-50-38-34-47(75-69-29-13-5-21-57(69)58-22-6-14-30-70(58)75)43-63(50)64-44-48(76-71-31-15-7-23-59(71)60-24-8-16-32-72(60)76)36-40-52(64)51-39-35-46(42-62(51)61(49)41-45)74-67-27-11-3-19-55(67)56-20-4-12-28-68(56)74/h1-44,53,57,65,69H. The molecule has 4 heteroatoms. The lowest BCUT2D eigenvalue weighted by Crippen LogP contribution is -2.28. The largest absolute Gasteiger partial charge is 0.333 e. The van der Waals surface area contributed by atoms with Gasteiger partial charge < -0.3 is 18.9 Å². The quantitative estimate of drug-likeness (QED) is 0.175. The highest BCUT2D eigenvalue weighted by atomic mass is 15.2. The van der Waals surface area contributed by atoms with Crippen LogP contribution >= 0.6 is 0 Å². The average Bonchev–Trinajstić information content (AvgIpc) is 4.22. The van der Waals surface area contributed by atoms with Gasteiger partial charge in [-0.1, -0.05) is 182 Å². The minimum absolute atomic E-state index is 0.170. The Balaban J connectivity index is 0.963. The number of anilines is 4. The van der Waals surface area contributed by atoms with Gasteiger partial charge in [-0.05, 0) is 141 Å². The molecule has 0 radical (unpaired) electrons. The molecule has 0 bridgehead atoms. The third kappa shape index (κ3) is 5.84. The van der Waals surface area contributed by atoms with Crippen LogP contribution in [0.2, 0.25) is 0 Å². The van der Waals surface area contributed by atoms with Gasteiger partial charge in [0.15, 0.2) is 0 Å². The maximum Gasteiger partial charge on any atom is 0.0629 e. The zero-order valence-electron chi connectivity index (χ0n) is 41.5. The summed E-state index contributed by atoms with van der Waals surface area (Å²) in [5, 5.41) is 5.01. The van der Waals surface area contributed by atoms with Gasteiger partial charge in [-0.2, -0.15) is 0 Å². The van der Waals surface area contributed by atoms with Crippen LogP contribution in [-0.2, 0) is 0 Å². The molecule has 356 valence electrons. The van der Waals surface area contributed by atoms with Gasteiger partial charge in [-0.3, -0.25) is 0 Å². The number of fused-ring (bicyclic) bond motifs is 20. The second-order valence-corrected chi connectivity index (χ2v) is 21.1. The number of allylic oxidation sites excluding steroid dienone is 4. The van der Waals surface area contributed by atoms with Crippen LogP contribution in [0.15, 0.2) is 267 Å². The van der Waals surface area contributed by atoms with Gasteiger partial charge in [0.2, 0.25) is 0 Å². The number of rotatable bonds is 4. The number of aromatic nitrogens is 2. The maximum absolute atomic E-state index is 2.58. The van der Waals surface area contributed by atoms with Crippen molar-refractivity contribution in [3.63, 3.8) is 0 Å². The summed E-state index contributed by atoms with van der Waals surface area (Å²) in [6, 6.07) is 82.9. The molecular weight excluding hydrogens is 921 g/mol. The number of nitrogens with zero attached hydrogens (tertiary/aromatic N) is 4. The molecule has 4 nitrogen and oxygen atoms in total. The molecule has 0 saturated carbocycles. The summed E-state index contributed by atoms with van der Waals surface area (Å²) in [6.07, 6.45) is 18.4. The maximum atomic E-state index is 2.58. The fraction of sp³-hybridized carbons (Fsp3) is 0.0556. The zero-order chi connectivity index (χ0) is 49.6. The molecule has 2 aliphatic heterocycles. The van der Waals surface area contributed by atoms with Gasteiger partial charge in [-0.15, -0.1) is 0 Å². The Bertz CT molecular complexity index is 4190. The number of para-hydroxylation sites is 6. The normalized spacial score (nSPS) is 18.3. The lowest BCUT2D eigenvalue weighted by atomic mass is 9.80. The van der Waals surface area contributed by atoms with Crippen LogP contribution in [0.1, 0.15) is 23.0 Å². The molecule has 0 saturated heterocycles. The van der Waals surface area contributed by atoms with Crippen molar-refractivity contribution in [3.05, 3.63) is 278 Å². The average molecular weight is 969 g/mol. The van der Waals surface area contributed by atoms with Gasteiger partial charge >= 0.3 is 0 Å². The lowest BCUT2D eigenvalue weighted by Gasteiger charge is -2.32. The fourth-order valence-corrected chi connectivity index (χ4v) is 14.1. The van der Waals surface area contributed by atoms with Gasteiger partial charge in [-0.25, -0.2) is 0 Å². The first-order valence-electron chi connectivity index (χ1n) is 26.7. The molecule has 4 heterocycles. The summed E-state index contributed by atoms with van der Waals surface area (Å²) in [5.74, 6) is 0.550. The Morgan fingerprint density at radius 2 is 0.553 bits per heavy atom. The zero-order valence-corrected chi connectivity index (χ0v) is 41.5. The Labute approximate surface area is 441 Å². The molecule has 0 fully saturated rings. The van der Waals surface area contributed by atoms with Crippen molar-refractivity contribution in [2.45, 2.75) is 23.9 Å². The van der Waals surface area contributed by atoms with E-state index in [0.717, 1.165) is 11.4 Å². The van der Waals surface area contributed by atoms with Gasteiger partial charge in [0, 0.05) is 67.5 Å². The smallest absolute Gasteiger partial charge is 0.0629 e. The second kappa shape index (κ2) is 15.9. The summed E-state index contributed by atoms with van der Waals surface area (Å²) < 4.78 is 4.94. The number of hydrogen-bond donors (Lipinski definition) is 0. The molecular formula is C72H48N4. The molecule has 4 unspecified atom stereocenters. The molecule has 12 aromatic rings. The molecule has 0 N–H and O–H groups in total. The Hall–Kier alpha value is -9.64. The van der Waals surface area contributed by atoms with E-state index in [-0.39, 0.29) is 23.9 Å². The van der Waals surface area contributed by atoms with E-state index < -0.39 is 0 Å². The Kier molecular flexibility index (Phi) is 8.76. The minimum Gasteiger partial charge on any atom is -0.333 e. The van der Waals surface area contributed by atoms with Crippen LogP contribution in [-0.4, -0.2) is 21.2 Å². The van der Waals surface area contributed by atoms with Gasteiger partial charge in [0.25, 0.3) is 0 Å². The predicted molar refractivity (Wildman–Crippen MR) is 317 cm³/mol. The van der Waals surface area contributed by atoms with E-state index in [4.69, 9.17) is 0 Å². The summed E-state index contributed by atoms with van der Waals surface area (Å²) in [7, 11) is 0. The van der Waals surface area contributed by atoms with Gasteiger partial charge in [0.05, 0.1) is 34.2 Å². The SMILES string of the molecule is C1=CC2c3ccccc3N(c3ccc4c(c3)-c3cc(-n5c6ccccc6c6ccccc65)ccc3-c3ccc(-n5c6ccccc6c6ccccc65)cc3-c3cc(N5c6ccccc6C6C=CC=CC65)ccc3-4)C2C=C1. The second-order valence-electron chi connectivity index (χ2n) is 21.1. The third-order valence-electron chi connectivity index (χ3n) is 17.3. The van der Waals surface area contributed by atoms with Crippen molar-refractivity contribution < 1.29 is 0 Å². The summed E-state index contributed by atoms with van der Waals surface area (Å²) in [4.78, 5) is 5.16. The van der Waals surface area contributed by atoms with E-state index in [2.05, 4.69) is 286 Å². The van der Waals surface area contributed by atoms with E-state index in [1.165, 1.54) is 122 Å². The van der Waals surface area contributed by atoms with E-state index in [1.807, 2.05) is 0 Å². The van der Waals surface area contributed by atoms with Crippen LogP contribution in [0.4, 0.5) is 22.7 Å². The minimum atomic E-state index is 0.170. The third-order valence-corrected chi connectivity index (χ3v) is 17.3. The lowest BCUT2D eigenvalue weighted by molar-refractivity contribution is 0.745. The molecule has 0 spiro atoms. The monoisotopic (exact) mass is 968 g/mol. The molecule has 3 aliphatic carbocycles. The molecule has 5 aliphatic rings. The summed E-state index contributed by atoms with van der Waals surface area (Å²) in [6.45, 7) is 0. The number of hydrogen-bond acceptors (Lipinski definition) is 2. The first kappa shape index (κ1) is 41.8. The Morgan fingerprint density at radius 1 is 0.250 bits per heavy atom. The highest BCUT2D eigenvalue weighted by molar-refractivity contribution is 6.12. The first-order chi connectivity index (χ1) is 37.7. The fourth-order valence-electron chi connectivity index (χ4n) is 14.1. The molecule has 4 atom stereocenters. The van der Waals surface area contributed by atoms with Crippen molar-refractivity contribution in [2.24, 2.45) is 0 Å². The van der Waals surface area contributed by atoms with Crippen LogP contribution < -0.4 is 9.80 Å². The Morgan fingerprint density at radius 3 is 0.934 bits per heavy atom. The van der Waals surface area contributed by atoms with Gasteiger partial charge in [0.1, 0.15) is 0 Å². The first-order valence-corrected chi connectivity index (χ1v) is 26.7. The molecule has 17 rings (SSSR count). The van der Waals surface area contributed by atoms with Crippen molar-refractivity contribution in [1.82, 2.24) is 9.13 Å². The van der Waals surface area contributed by atoms with Crippen molar-refractivity contribution >= 4 is 66.4 Å². The van der Waals surface area contributed by atoms with E-state index in [0.29, 0.717) is 0 Å². The summed E-state index contributed by atoms with van der Waals surface area (Å²) >= 11 is 0. The van der Waals surface area contributed by atoms with E-state index in [1.54, 1.807) is 0 Å². The van der Waals surface area contributed by atoms with Crippen LogP contribution in [0, 0.1) is 0 Å². The van der Waals surface area contributed by atoms with Crippen molar-refractivity contribution in [1.29, 1.82) is 0 Å². The van der Waals surface area contributed by atoms with E-state index >= 15 is 0 Å². The van der Waals surface area contributed by atoms with Crippen molar-refractivity contribution in [3.8, 4) is 55.9 Å². The van der Waals surface area contributed by atoms with Crippen LogP contribution in [0.5, 0.6) is 0 Å². The molecule has 76 heavy (non-hydrogen) atoms. The van der Waals surface area contributed by atoms with Crippen LogP contribution in [0.25, 0.3) is 99.5 Å². The summed E-state index contributed by atoms with van der Waals surface area (Å²) in [5.41, 5.74) is 24.4. The molecule has 0 amide bonds. The van der Waals surface area contributed by atoms with Crippen molar-refractivity contribution in [2.75, 3.05) is 9.80 Å². The topological polar surface area (TPSA) is 16.3 Å². The molecule has 10 aromatic carbocycles. The van der Waals surface area contributed by atoms with E-state index in [9.17, 15) is 0 Å². The predicted octanol–water partition coefficient (Wildman–Crippen LogP) is 18.3. The molecule has 2 aromatic heterocycles. The van der Waals surface area contributed by atoms with Crippen LogP contribution in [0.3, 0.4) is 0 Å². The highest BCUT2D eigenvalue weighted by Crippen LogP contribution is 2.55.